The van der Waals surface area contributed by atoms with Crippen LogP contribution in [0.15, 0.2) is 28.7 Å². The molecule has 0 saturated heterocycles. The molecule has 116 valence electrons. The zero-order chi connectivity index (χ0) is 16.2. The maximum absolute atomic E-state index is 13.9. The number of anilines is 1. The van der Waals surface area contributed by atoms with Gasteiger partial charge < -0.3 is 14.7 Å². The van der Waals surface area contributed by atoms with Gasteiger partial charge in [0.15, 0.2) is 12.9 Å². The number of carbonyl (C=O) groups excluding carboxylic acids is 1. The van der Waals surface area contributed by atoms with Gasteiger partial charge in [0.05, 0.1) is 11.0 Å². The van der Waals surface area contributed by atoms with Crippen molar-refractivity contribution in [3.63, 3.8) is 0 Å². The molecule has 0 amide bonds. The van der Waals surface area contributed by atoms with Crippen molar-refractivity contribution in [3.05, 3.63) is 41.3 Å². The summed E-state index contributed by atoms with van der Waals surface area (Å²) in [6.45, 7) is 7.69. The van der Waals surface area contributed by atoms with E-state index in [-0.39, 0.29) is 23.1 Å². The van der Waals surface area contributed by atoms with Gasteiger partial charge in [0, 0.05) is 22.4 Å². The second kappa shape index (κ2) is 4.85. The third-order valence-electron chi connectivity index (χ3n) is 4.24. The molecule has 1 unspecified atom stereocenters. The highest BCUT2D eigenvalue weighted by atomic mass is 31.2. The number of nitrogen functional groups attached to an aromatic ring is 1. The number of hydrogen-bond acceptors (Lipinski definition) is 4. The highest BCUT2D eigenvalue weighted by molar-refractivity contribution is 7.80. The molecule has 0 bridgehead atoms. The predicted molar refractivity (Wildman–Crippen MR) is 89.1 cm³/mol. The van der Waals surface area contributed by atoms with Crippen molar-refractivity contribution < 1.29 is 13.8 Å². The zero-order valence-electron chi connectivity index (χ0n) is 13.2. The number of ketones is 1. The lowest BCUT2D eigenvalue weighted by Crippen LogP contribution is -2.35. The molecular formula is C17H20NO3P. The normalized spacial score (nSPS) is 20.4. The molecule has 2 N–H and O–H groups in total. The monoisotopic (exact) mass is 317 g/mol. The Hall–Kier alpha value is -1.80. The summed E-state index contributed by atoms with van der Waals surface area (Å²) >= 11 is 0. The molecule has 0 saturated carbocycles. The maximum Gasteiger partial charge on any atom is 0.229 e. The lowest BCUT2D eigenvalue weighted by atomic mass is 10.1. The standard InChI is InChI=1S/C17H20NO3P/c1-9(2)15-13(18)17-16(21-15)14(19)11-7-5-6-8-12(11)22(17,20)10(3)4/h5-10H,18H2,1-4H3. The smallest absolute Gasteiger partial charge is 0.229 e. The van der Waals surface area contributed by atoms with Crippen molar-refractivity contribution in [1.29, 1.82) is 0 Å². The molecule has 0 radical (unpaired) electrons. The number of carbonyl (C=O) groups is 1. The second-order valence-electron chi connectivity index (χ2n) is 6.31. The van der Waals surface area contributed by atoms with Crippen LogP contribution in [0.4, 0.5) is 5.69 Å². The van der Waals surface area contributed by atoms with Crippen LogP contribution in [0.1, 0.15) is 55.5 Å². The van der Waals surface area contributed by atoms with Gasteiger partial charge in [0.2, 0.25) is 5.78 Å². The zero-order valence-corrected chi connectivity index (χ0v) is 14.1. The third kappa shape index (κ3) is 1.77. The fourth-order valence-electron chi connectivity index (χ4n) is 3.10. The molecule has 5 heteroatoms. The number of fused-ring (bicyclic) bond motifs is 2. The van der Waals surface area contributed by atoms with E-state index in [4.69, 9.17) is 10.2 Å². The summed E-state index contributed by atoms with van der Waals surface area (Å²) in [5, 5.41) is 1.03. The third-order valence-corrected chi connectivity index (χ3v) is 7.91. The van der Waals surface area contributed by atoms with Gasteiger partial charge in [0.1, 0.15) is 5.76 Å². The quantitative estimate of drug-likeness (QED) is 0.863. The first kappa shape index (κ1) is 15.1. The van der Waals surface area contributed by atoms with E-state index in [0.29, 0.717) is 27.6 Å². The fourth-order valence-corrected chi connectivity index (χ4v) is 6.17. The van der Waals surface area contributed by atoms with E-state index in [1.165, 1.54) is 0 Å². The Morgan fingerprint density at radius 3 is 2.36 bits per heavy atom. The first-order valence-electron chi connectivity index (χ1n) is 7.46. The van der Waals surface area contributed by atoms with E-state index >= 15 is 0 Å². The van der Waals surface area contributed by atoms with Crippen molar-refractivity contribution in [2.75, 3.05) is 5.73 Å². The Kier molecular flexibility index (Phi) is 3.33. The molecule has 22 heavy (non-hydrogen) atoms. The Morgan fingerprint density at radius 1 is 1.14 bits per heavy atom. The van der Waals surface area contributed by atoms with Crippen LogP contribution in [-0.2, 0) is 4.57 Å². The Balaban J connectivity index is 2.43. The van der Waals surface area contributed by atoms with Gasteiger partial charge in [-0.1, -0.05) is 52.0 Å². The van der Waals surface area contributed by atoms with Gasteiger partial charge >= 0.3 is 0 Å². The van der Waals surface area contributed by atoms with Crippen LogP contribution >= 0.6 is 7.14 Å². The second-order valence-corrected chi connectivity index (χ2v) is 9.59. The van der Waals surface area contributed by atoms with Crippen LogP contribution in [0.3, 0.4) is 0 Å². The van der Waals surface area contributed by atoms with E-state index in [1.54, 1.807) is 18.2 Å². The highest BCUT2D eigenvalue weighted by Crippen LogP contribution is 2.55. The molecule has 1 aromatic heterocycles. The minimum atomic E-state index is -3.00. The average molecular weight is 317 g/mol. The van der Waals surface area contributed by atoms with Crippen molar-refractivity contribution >= 4 is 29.2 Å². The van der Waals surface area contributed by atoms with Crippen molar-refractivity contribution in [2.45, 2.75) is 39.3 Å². The fraction of sp³-hybridized carbons (Fsp3) is 0.353. The van der Waals surface area contributed by atoms with E-state index in [1.807, 2.05) is 33.8 Å². The Morgan fingerprint density at radius 2 is 1.77 bits per heavy atom. The summed E-state index contributed by atoms with van der Waals surface area (Å²) in [4.78, 5) is 12.7. The molecular weight excluding hydrogens is 297 g/mol. The molecule has 1 aromatic carbocycles. The summed E-state index contributed by atoms with van der Waals surface area (Å²) in [5.74, 6) is 0.516. The van der Waals surface area contributed by atoms with Gasteiger partial charge in [0.25, 0.3) is 0 Å². The predicted octanol–water partition coefficient (Wildman–Crippen LogP) is 3.25. The minimum absolute atomic E-state index is 0.0297. The van der Waals surface area contributed by atoms with Gasteiger partial charge in [-0.25, -0.2) is 0 Å². The SMILES string of the molecule is CC(C)c1oc2c(c1N)P(=O)(C(C)C)c1ccccc1C2=O. The molecule has 1 aliphatic heterocycles. The van der Waals surface area contributed by atoms with Crippen molar-refractivity contribution in [3.8, 4) is 0 Å². The summed E-state index contributed by atoms with van der Waals surface area (Å²) < 4.78 is 19.7. The minimum Gasteiger partial charge on any atom is -0.454 e. The summed E-state index contributed by atoms with van der Waals surface area (Å²) in [6.07, 6.45) is 0. The number of hydrogen-bond donors (Lipinski definition) is 1. The van der Waals surface area contributed by atoms with Crippen LogP contribution in [0, 0.1) is 0 Å². The molecule has 0 fully saturated rings. The average Bonchev–Trinajstić information content (AvgIpc) is 2.83. The summed E-state index contributed by atoms with van der Waals surface area (Å²) in [7, 11) is -3.00. The Labute approximate surface area is 130 Å². The van der Waals surface area contributed by atoms with Crippen LogP contribution in [0.5, 0.6) is 0 Å². The molecule has 4 nitrogen and oxygen atoms in total. The van der Waals surface area contributed by atoms with Gasteiger partial charge in [-0.15, -0.1) is 0 Å². The molecule has 0 aliphatic carbocycles. The van der Waals surface area contributed by atoms with Gasteiger partial charge in [-0.3, -0.25) is 4.79 Å². The first-order chi connectivity index (χ1) is 10.3. The lowest BCUT2D eigenvalue weighted by Gasteiger charge is -2.28. The Bertz CT molecular complexity index is 817. The van der Waals surface area contributed by atoms with Crippen LogP contribution in [0.2, 0.25) is 0 Å². The molecule has 3 rings (SSSR count). The molecule has 1 atom stereocenters. The van der Waals surface area contributed by atoms with E-state index in [0.717, 1.165) is 0 Å². The van der Waals surface area contributed by atoms with Crippen molar-refractivity contribution in [1.82, 2.24) is 0 Å². The molecule has 2 aromatic rings. The lowest BCUT2D eigenvalue weighted by molar-refractivity contribution is 0.101. The highest BCUT2D eigenvalue weighted by Gasteiger charge is 2.46. The molecule has 1 aliphatic rings. The molecule has 2 heterocycles. The topological polar surface area (TPSA) is 73.3 Å². The summed E-state index contributed by atoms with van der Waals surface area (Å²) in [6, 6.07) is 7.08. The maximum atomic E-state index is 13.9. The van der Waals surface area contributed by atoms with Crippen LogP contribution < -0.4 is 16.3 Å². The van der Waals surface area contributed by atoms with Gasteiger partial charge in [-0.05, 0) is 0 Å². The van der Waals surface area contributed by atoms with Crippen LogP contribution in [-0.4, -0.2) is 11.4 Å². The number of benzene rings is 1. The van der Waals surface area contributed by atoms with E-state index < -0.39 is 7.14 Å². The van der Waals surface area contributed by atoms with Crippen LogP contribution in [0.25, 0.3) is 0 Å². The van der Waals surface area contributed by atoms with Gasteiger partial charge in [-0.2, -0.15) is 0 Å². The van der Waals surface area contributed by atoms with E-state index in [2.05, 4.69) is 0 Å². The van der Waals surface area contributed by atoms with Crippen molar-refractivity contribution in [2.24, 2.45) is 0 Å². The number of rotatable bonds is 2. The van der Waals surface area contributed by atoms with E-state index in [9.17, 15) is 9.36 Å². The molecule has 0 spiro atoms. The number of furan rings is 1. The first-order valence-corrected chi connectivity index (χ1v) is 9.24. The largest absolute Gasteiger partial charge is 0.454 e. The summed E-state index contributed by atoms with van der Waals surface area (Å²) in [5.41, 5.74) is 6.94. The number of nitrogens with two attached hydrogens (primary N) is 1.